The number of nitrogens with zero attached hydrogens (tertiary/aromatic N) is 1. The summed E-state index contributed by atoms with van der Waals surface area (Å²) in [6, 6.07) is 12.8. The third-order valence-corrected chi connectivity index (χ3v) is 3.77. The van der Waals surface area contributed by atoms with E-state index in [1.807, 2.05) is 44.2 Å². The Hall–Kier alpha value is -2.09. The molecule has 0 aromatic heterocycles. The lowest BCUT2D eigenvalue weighted by Crippen LogP contribution is -2.17. The summed E-state index contributed by atoms with van der Waals surface area (Å²) in [6.07, 6.45) is 1.57. The lowest BCUT2D eigenvalue weighted by Gasteiger charge is -2.11. The van der Waals surface area contributed by atoms with Gasteiger partial charge in [-0.15, -0.1) is 0 Å². The molecular formula is C18H19IN2O3. The molecule has 0 fully saturated rings. The topological polar surface area (TPSA) is 59.9 Å². The van der Waals surface area contributed by atoms with Gasteiger partial charge in [0.25, 0.3) is 5.91 Å². The maximum Gasteiger partial charge on any atom is 0.271 e. The number of halogens is 1. The van der Waals surface area contributed by atoms with E-state index >= 15 is 0 Å². The van der Waals surface area contributed by atoms with Crippen LogP contribution in [0, 0.1) is 3.57 Å². The molecule has 0 heterocycles. The first-order chi connectivity index (χ1) is 11.6. The summed E-state index contributed by atoms with van der Waals surface area (Å²) < 4.78 is 12.2. The van der Waals surface area contributed by atoms with E-state index in [0.717, 1.165) is 9.13 Å². The molecule has 0 aliphatic rings. The van der Waals surface area contributed by atoms with Crippen LogP contribution in [-0.4, -0.2) is 25.3 Å². The minimum Gasteiger partial charge on any atom is -0.490 e. The van der Waals surface area contributed by atoms with Crippen molar-refractivity contribution in [3.8, 4) is 11.5 Å². The molecule has 1 N–H and O–H groups in total. The van der Waals surface area contributed by atoms with Crippen molar-refractivity contribution < 1.29 is 14.3 Å². The number of hydrazone groups is 1. The number of nitrogens with one attached hydrogen (secondary N) is 1. The highest BCUT2D eigenvalue weighted by molar-refractivity contribution is 14.1. The first kappa shape index (κ1) is 18.3. The predicted octanol–water partition coefficient (Wildman–Crippen LogP) is 3.85. The number of amides is 1. The van der Waals surface area contributed by atoms with E-state index in [9.17, 15) is 4.79 Å². The van der Waals surface area contributed by atoms with Crippen molar-refractivity contribution in [3.05, 3.63) is 57.2 Å². The molecule has 0 spiro atoms. The molecular weight excluding hydrogens is 419 g/mol. The summed E-state index contributed by atoms with van der Waals surface area (Å²) >= 11 is 2.19. The SMILES string of the molecule is CCOc1ccc(/C=N/NC(=O)c2ccc(I)cc2)cc1OCC. The first-order valence-electron chi connectivity index (χ1n) is 7.62. The van der Waals surface area contributed by atoms with Gasteiger partial charge in [-0.3, -0.25) is 4.79 Å². The van der Waals surface area contributed by atoms with Gasteiger partial charge in [-0.2, -0.15) is 5.10 Å². The molecule has 0 atom stereocenters. The highest BCUT2D eigenvalue weighted by Gasteiger charge is 2.06. The van der Waals surface area contributed by atoms with Crippen molar-refractivity contribution >= 4 is 34.7 Å². The van der Waals surface area contributed by atoms with Gasteiger partial charge in [0, 0.05) is 9.13 Å². The molecule has 0 saturated carbocycles. The van der Waals surface area contributed by atoms with Crippen LogP contribution >= 0.6 is 22.6 Å². The second-order valence-corrected chi connectivity index (χ2v) is 6.02. The minimum absolute atomic E-state index is 0.251. The lowest BCUT2D eigenvalue weighted by atomic mass is 10.2. The number of ether oxygens (including phenoxy) is 2. The molecule has 5 nitrogen and oxygen atoms in total. The molecule has 0 radical (unpaired) electrons. The van der Waals surface area contributed by atoms with Crippen molar-refractivity contribution in [2.75, 3.05) is 13.2 Å². The van der Waals surface area contributed by atoms with Crippen molar-refractivity contribution in [1.29, 1.82) is 0 Å². The molecule has 2 aromatic carbocycles. The Bertz CT molecular complexity index is 715. The van der Waals surface area contributed by atoms with Crippen LogP contribution in [0.3, 0.4) is 0 Å². The monoisotopic (exact) mass is 438 g/mol. The number of carbonyl (C=O) groups is 1. The summed E-state index contributed by atoms with van der Waals surface area (Å²) in [5, 5.41) is 3.99. The third-order valence-electron chi connectivity index (χ3n) is 3.05. The highest BCUT2D eigenvalue weighted by Crippen LogP contribution is 2.27. The van der Waals surface area contributed by atoms with E-state index in [0.29, 0.717) is 30.3 Å². The zero-order chi connectivity index (χ0) is 17.4. The van der Waals surface area contributed by atoms with Gasteiger partial charge >= 0.3 is 0 Å². The zero-order valence-electron chi connectivity index (χ0n) is 13.6. The van der Waals surface area contributed by atoms with Gasteiger partial charge in [0.2, 0.25) is 0 Å². The van der Waals surface area contributed by atoms with Crippen molar-refractivity contribution in [2.24, 2.45) is 5.10 Å². The Balaban J connectivity index is 2.04. The smallest absolute Gasteiger partial charge is 0.271 e. The van der Waals surface area contributed by atoms with Gasteiger partial charge in [0.05, 0.1) is 19.4 Å². The maximum atomic E-state index is 12.0. The van der Waals surface area contributed by atoms with Gasteiger partial charge in [-0.1, -0.05) is 0 Å². The van der Waals surface area contributed by atoms with Gasteiger partial charge in [-0.25, -0.2) is 5.43 Å². The molecule has 1 amide bonds. The largest absolute Gasteiger partial charge is 0.490 e. The van der Waals surface area contributed by atoms with E-state index < -0.39 is 0 Å². The van der Waals surface area contributed by atoms with E-state index in [4.69, 9.17) is 9.47 Å². The zero-order valence-corrected chi connectivity index (χ0v) is 15.7. The number of carbonyl (C=O) groups excluding carboxylic acids is 1. The average molecular weight is 438 g/mol. The van der Waals surface area contributed by atoms with Crippen LogP contribution in [0.2, 0.25) is 0 Å². The molecule has 2 rings (SSSR count). The predicted molar refractivity (Wildman–Crippen MR) is 103 cm³/mol. The normalized spacial score (nSPS) is 10.6. The summed E-state index contributed by atoms with van der Waals surface area (Å²) in [5.41, 5.74) is 3.89. The van der Waals surface area contributed by atoms with Crippen LogP contribution < -0.4 is 14.9 Å². The van der Waals surface area contributed by atoms with Crippen LogP contribution in [0.5, 0.6) is 11.5 Å². The fourth-order valence-electron chi connectivity index (χ4n) is 1.98. The summed E-state index contributed by atoms with van der Waals surface area (Å²) in [4.78, 5) is 12.0. The third kappa shape index (κ3) is 5.23. The quantitative estimate of drug-likeness (QED) is 0.406. The molecule has 0 aliphatic heterocycles. The molecule has 6 heteroatoms. The van der Waals surface area contributed by atoms with Gasteiger partial charge in [-0.05, 0) is 84.5 Å². The second-order valence-electron chi connectivity index (χ2n) is 4.78. The van der Waals surface area contributed by atoms with E-state index in [-0.39, 0.29) is 5.91 Å². The van der Waals surface area contributed by atoms with Crippen LogP contribution in [-0.2, 0) is 0 Å². The number of hydrogen-bond donors (Lipinski definition) is 1. The molecule has 0 bridgehead atoms. The Morgan fingerprint density at radius 1 is 1.08 bits per heavy atom. The summed E-state index contributed by atoms with van der Waals surface area (Å²) in [5.74, 6) is 1.10. The van der Waals surface area contributed by atoms with E-state index in [1.165, 1.54) is 0 Å². The minimum atomic E-state index is -0.251. The molecule has 0 unspecified atom stereocenters. The first-order valence-corrected chi connectivity index (χ1v) is 8.70. The molecule has 0 saturated heterocycles. The highest BCUT2D eigenvalue weighted by atomic mass is 127. The Kier molecular flexibility index (Phi) is 7.05. The fraction of sp³-hybridized carbons (Fsp3) is 0.222. The van der Waals surface area contributed by atoms with Crippen LogP contribution in [0.4, 0.5) is 0 Å². The standard InChI is InChI=1S/C18H19IN2O3/c1-3-23-16-10-5-13(11-17(16)24-4-2)12-20-21-18(22)14-6-8-15(19)9-7-14/h5-12H,3-4H2,1-2H3,(H,21,22)/b20-12+. The number of rotatable bonds is 7. The summed E-state index contributed by atoms with van der Waals surface area (Å²) in [6.45, 7) is 4.95. The van der Waals surface area contributed by atoms with E-state index in [2.05, 4.69) is 33.1 Å². The molecule has 2 aromatic rings. The fourth-order valence-corrected chi connectivity index (χ4v) is 2.34. The van der Waals surface area contributed by atoms with Gasteiger partial charge in [0.1, 0.15) is 0 Å². The summed E-state index contributed by atoms with van der Waals surface area (Å²) in [7, 11) is 0. The van der Waals surface area contributed by atoms with Gasteiger partial charge in [0.15, 0.2) is 11.5 Å². The van der Waals surface area contributed by atoms with Crippen LogP contribution in [0.15, 0.2) is 47.6 Å². The maximum absolute atomic E-state index is 12.0. The molecule has 126 valence electrons. The van der Waals surface area contributed by atoms with Crippen molar-refractivity contribution in [3.63, 3.8) is 0 Å². The van der Waals surface area contributed by atoms with Crippen molar-refractivity contribution in [2.45, 2.75) is 13.8 Å². The Labute approximate surface area is 155 Å². The number of benzene rings is 2. The van der Waals surface area contributed by atoms with Crippen molar-refractivity contribution in [1.82, 2.24) is 5.43 Å². The Morgan fingerprint density at radius 2 is 1.75 bits per heavy atom. The van der Waals surface area contributed by atoms with Crippen LogP contribution in [0.25, 0.3) is 0 Å². The second kappa shape index (κ2) is 9.27. The Morgan fingerprint density at radius 3 is 2.42 bits per heavy atom. The van der Waals surface area contributed by atoms with Gasteiger partial charge < -0.3 is 9.47 Å². The number of hydrogen-bond acceptors (Lipinski definition) is 4. The molecule has 24 heavy (non-hydrogen) atoms. The average Bonchev–Trinajstić information content (AvgIpc) is 2.58. The lowest BCUT2D eigenvalue weighted by molar-refractivity contribution is 0.0955. The molecule has 0 aliphatic carbocycles. The van der Waals surface area contributed by atoms with Crippen LogP contribution in [0.1, 0.15) is 29.8 Å². The van der Waals surface area contributed by atoms with E-state index in [1.54, 1.807) is 18.3 Å².